The summed E-state index contributed by atoms with van der Waals surface area (Å²) in [6.45, 7) is 8.01. The third-order valence-electron chi connectivity index (χ3n) is 5.83. The van der Waals surface area contributed by atoms with Crippen LogP contribution in [0.1, 0.15) is 38.7 Å². The first-order valence-electron chi connectivity index (χ1n) is 11.5. The molecule has 2 aromatic rings. The van der Waals surface area contributed by atoms with Gasteiger partial charge in [0.05, 0.1) is 39.3 Å². The fraction of sp³-hybridized carbons (Fsp3) is 0.500. The minimum Gasteiger partial charge on any atom is -0.493 e. The Morgan fingerprint density at radius 1 is 1.16 bits per heavy atom. The SMILES string of the molecule is COc1ccc(NC(=O)[C@H]2CCC[NH+](CCCc3ccccc3)C2)cc1OCC(C)C. The summed E-state index contributed by atoms with van der Waals surface area (Å²) in [7, 11) is 1.63. The van der Waals surface area contributed by atoms with Crippen LogP contribution in [0.3, 0.4) is 0 Å². The Balaban J connectivity index is 1.51. The molecule has 1 aliphatic heterocycles. The van der Waals surface area contributed by atoms with E-state index < -0.39 is 0 Å². The first kappa shape index (κ1) is 23.1. The maximum Gasteiger partial charge on any atom is 0.233 e. The van der Waals surface area contributed by atoms with Crippen molar-refractivity contribution in [2.24, 2.45) is 11.8 Å². The molecule has 168 valence electrons. The number of methoxy groups -OCH3 is 1. The zero-order chi connectivity index (χ0) is 22.1. The van der Waals surface area contributed by atoms with E-state index in [1.54, 1.807) is 7.11 Å². The molecular formula is C26H37N2O3+. The lowest BCUT2D eigenvalue weighted by Crippen LogP contribution is -3.13. The van der Waals surface area contributed by atoms with E-state index in [9.17, 15) is 4.79 Å². The van der Waals surface area contributed by atoms with Crippen LogP contribution in [-0.2, 0) is 11.2 Å². The zero-order valence-corrected chi connectivity index (χ0v) is 19.2. The molecule has 1 amide bonds. The van der Waals surface area contributed by atoms with Crippen molar-refractivity contribution < 1.29 is 19.2 Å². The predicted molar refractivity (Wildman–Crippen MR) is 125 cm³/mol. The highest BCUT2D eigenvalue weighted by atomic mass is 16.5. The molecule has 0 radical (unpaired) electrons. The number of hydrogen-bond donors (Lipinski definition) is 2. The Labute approximate surface area is 186 Å². The summed E-state index contributed by atoms with van der Waals surface area (Å²) < 4.78 is 11.3. The quantitative estimate of drug-likeness (QED) is 0.612. The average Bonchev–Trinajstić information content (AvgIpc) is 2.78. The van der Waals surface area contributed by atoms with Gasteiger partial charge >= 0.3 is 0 Å². The number of piperidine rings is 1. The van der Waals surface area contributed by atoms with Crippen molar-refractivity contribution >= 4 is 11.6 Å². The van der Waals surface area contributed by atoms with Crippen LogP contribution in [-0.4, -0.2) is 39.3 Å². The normalized spacial score (nSPS) is 18.6. The number of nitrogens with one attached hydrogen (secondary N) is 2. The van der Waals surface area contributed by atoms with Crippen molar-refractivity contribution in [1.82, 2.24) is 0 Å². The van der Waals surface area contributed by atoms with Gasteiger partial charge in [0.2, 0.25) is 5.91 Å². The lowest BCUT2D eigenvalue weighted by atomic mass is 9.96. The molecule has 0 spiro atoms. The van der Waals surface area contributed by atoms with Gasteiger partial charge in [-0.15, -0.1) is 0 Å². The largest absolute Gasteiger partial charge is 0.493 e. The zero-order valence-electron chi connectivity index (χ0n) is 19.2. The molecule has 0 aliphatic carbocycles. The molecule has 0 saturated carbocycles. The van der Waals surface area contributed by atoms with E-state index in [1.807, 2.05) is 18.2 Å². The number of aryl methyl sites for hydroxylation is 1. The number of benzene rings is 2. The van der Waals surface area contributed by atoms with Crippen LogP contribution in [0.2, 0.25) is 0 Å². The Kier molecular flexibility index (Phi) is 8.77. The second-order valence-electron chi connectivity index (χ2n) is 8.94. The van der Waals surface area contributed by atoms with Gasteiger partial charge in [0.15, 0.2) is 11.5 Å². The number of rotatable bonds is 10. The summed E-state index contributed by atoms with van der Waals surface area (Å²) in [6.07, 6.45) is 4.32. The molecule has 1 heterocycles. The lowest BCUT2D eigenvalue weighted by Gasteiger charge is -2.29. The van der Waals surface area contributed by atoms with Gasteiger partial charge in [0.1, 0.15) is 0 Å². The molecular weight excluding hydrogens is 388 g/mol. The number of quaternary nitrogens is 1. The van der Waals surface area contributed by atoms with Crippen LogP contribution >= 0.6 is 0 Å². The van der Waals surface area contributed by atoms with Gasteiger partial charge in [0.25, 0.3) is 0 Å². The highest BCUT2D eigenvalue weighted by molar-refractivity contribution is 5.93. The Bertz CT molecular complexity index is 823. The molecule has 3 rings (SSSR count). The summed E-state index contributed by atoms with van der Waals surface area (Å²) in [5, 5.41) is 3.11. The highest BCUT2D eigenvalue weighted by Gasteiger charge is 2.28. The highest BCUT2D eigenvalue weighted by Crippen LogP contribution is 2.31. The van der Waals surface area contributed by atoms with Crippen molar-refractivity contribution in [2.45, 2.75) is 39.5 Å². The van der Waals surface area contributed by atoms with Crippen LogP contribution in [0.15, 0.2) is 48.5 Å². The first-order valence-corrected chi connectivity index (χ1v) is 11.5. The maximum absolute atomic E-state index is 12.9. The van der Waals surface area contributed by atoms with Gasteiger partial charge in [-0.05, 0) is 42.9 Å². The second-order valence-corrected chi connectivity index (χ2v) is 8.94. The van der Waals surface area contributed by atoms with E-state index in [1.165, 1.54) is 10.5 Å². The van der Waals surface area contributed by atoms with Crippen LogP contribution < -0.4 is 19.7 Å². The summed E-state index contributed by atoms with van der Waals surface area (Å²) in [5.41, 5.74) is 2.16. The van der Waals surface area contributed by atoms with E-state index in [2.05, 4.69) is 49.5 Å². The molecule has 1 unspecified atom stereocenters. The van der Waals surface area contributed by atoms with Crippen molar-refractivity contribution in [3.8, 4) is 11.5 Å². The molecule has 1 fully saturated rings. The van der Waals surface area contributed by atoms with Gasteiger partial charge in [0, 0.05) is 18.2 Å². The molecule has 31 heavy (non-hydrogen) atoms. The van der Waals surface area contributed by atoms with Crippen LogP contribution in [0, 0.1) is 11.8 Å². The first-order chi connectivity index (χ1) is 15.0. The van der Waals surface area contributed by atoms with Crippen molar-refractivity contribution in [1.29, 1.82) is 0 Å². The van der Waals surface area contributed by atoms with E-state index in [0.29, 0.717) is 24.0 Å². The van der Waals surface area contributed by atoms with E-state index >= 15 is 0 Å². The van der Waals surface area contributed by atoms with E-state index in [4.69, 9.17) is 9.47 Å². The molecule has 5 nitrogen and oxygen atoms in total. The number of ether oxygens (including phenoxy) is 2. The topological polar surface area (TPSA) is 52.0 Å². The summed E-state index contributed by atoms with van der Waals surface area (Å²) in [4.78, 5) is 14.5. The molecule has 1 saturated heterocycles. The smallest absolute Gasteiger partial charge is 0.233 e. The van der Waals surface area contributed by atoms with E-state index in [-0.39, 0.29) is 11.8 Å². The predicted octanol–water partition coefficient (Wildman–Crippen LogP) is 3.60. The van der Waals surface area contributed by atoms with Gasteiger partial charge in [-0.3, -0.25) is 4.79 Å². The molecule has 2 atom stereocenters. The number of carbonyl (C=O) groups is 1. The van der Waals surface area contributed by atoms with Crippen molar-refractivity contribution in [3.05, 3.63) is 54.1 Å². The average molecular weight is 426 g/mol. The van der Waals surface area contributed by atoms with E-state index in [0.717, 1.165) is 51.0 Å². The molecule has 1 aliphatic rings. The fourth-order valence-electron chi connectivity index (χ4n) is 4.16. The van der Waals surface area contributed by atoms with Gasteiger partial charge < -0.3 is 19.7 Å². The number of carbonyl (C=O) groups excluding carboxylic acids is 1. The number of anilines is 1. The van der Waals surface area contributed by atoms with Crippen LogP contribution in [0.5, 0.6) is 11.5 Å². The summed E-state index contributed by atoms with van der Waals surface area (Å²) >= 11 is 0. The lowest BCUT2D eigenvalue weighted by molar-refractivity contribution is -0.907. The molecule has 0 aromatic heterocycles. The van der Waals surface area contributed by atoms with Gasteiger partial charge in [-0.2, -0.15) is 0 Å². The Hall–Kier alpha value is -2.53. The molecule has 2 aromatic carbocycles. The van der Waals surface area contributed by atoms with Crippen LogP contribution in [0.25, 0.3) is 0 Å². The Morgan fingerprint density at radius 3 is 2.71 bits per heavy atom. The summed E-state index contributed by atoms with van der Waals surface area (Å²) in [6, 6.07) is 16.2. The maximum atomic E-state index is 12.9. The molecule has 2 N–H and O–H groups in total. The van der Waals surface area contributed by atoms with Gasteiger partial charge in [-0.25, -0.2) is 0 Å². The van der Waals surface area contributed by atoms with Crippen molar-refractivity contribution in [2.75, 3.05) is 38.7 Å². The minimum absolute atomic E-state index is 0.0580. The number of likely N-dealkylation sites (tertiary alicyclic amines) is 1. The third kappa shape index (κ3) is 7.28. The second kappa shape index (κ2) is 11.8. The fourth-order valence-corrected chi connectivity index (χ4v) is 4.16. The number of amides is 1. The minimum atomic E-state index is 0.0580. The van der Waals surface area contributed by atoms with Crippen molar-refractivity contribution in [3.63, 3.8) is 0 Å². The number of hydrogen-bond acceptors (Lipinski definition) is 3. The monoisotopic (exact) mass is 425 g/mol. The summed E-state index contributed by atoms with van der Waals surface area (Å²) in [5.74, 6) is 1.94. The third-order valence-corrected chi connectivity index (χ3v) is 5.83. The Morgan fingerprint density at radius 2 is 1.97 bits per heavy atom. The molecule has 5 heteroatoms. The standard InChI is InChI=1S/C26H36N2O3/c1-20(2)19-31-25-17-23(13-14-24(25)30-3)27-26(29)22-12-8-16-28(18-22)15-7-11-21-9-5-4-6-10-21/h4-6,9-10,13-14,17,20,22H,7-8,11-12,15-16,18-19H2,1-3H3,(H,27,29)/p+1/t22-/m0/s1. The van der Waals surface area contributed by atoms with Crippen LogP contribution in [0.4, 0.5) is 5.69 Å². The molecule has 0 bridgehead atoms. The van der Waals surface area contributed by atoms with Gasteiger partial charge in [-0.1, -0.05) is 44.2 Å².